The van der Waals surface area contributed by atoms with E-state index in [-0.39, 0.29) is 11.2 Å². The molecule has 1 aliphatic rings. The lowest BCUT2D eigenvalue weighted by atomic mass is 10.1. The summed E-state index contributed by atoms with van der Waals surface area (Å²) < 4.78 is 10.6. The summed E-state index contributed by atoms with van der Waals surface area (Å²) in [7, 11) is 1.64. The van der Waals surface area contributed by atoms with E-state index in [1.807, 2.05) is 24.3 Å². The number of ether oxygens (including phenoxy) is 2. The summed E-state index contributed by atoms with van der Waals surface area (Å²) >= 11 is 1.50. The van der Waals surface area contributed by atoms with Crippen molar-refractivity contribution in [3.63, 3.8) is 0 Å². The first-order valence-corrected chi connectivity index (χ1v) is 12.9. The number of nitrogens with zero attached hydrogens (tertiary/aromatic N) is 3. The van der Waals surface area contributed by atoms with Gasteiger partial charge in [0.15, 0.2) is 5.82 Å². The number of aromatic nitrogens is 3. The predicted octanol–water partition coefficient (Wildman–Crippen LogP) is 3.85. The number of aryl methyl sites for hydroxylation is 1. The molecule has 1 amide bonds. The fourth-order valence-corrected chi connectivity index (χ4v) is 4.93. The van der Waals surface area contributed by atoms with Gasteiger partial charge in [-0.1, -0.05) is 41.6 Å². The number of morpholine rings is 1. The molecule has 3 aromatic rings. The van der Waals surface area contributed by atoms with Crippen LogP contribution in [0.15, 0.2) is 53.7 Å². The van der Waals surface area contributed by atoms with Crippen molar-refractivity contribution >= 4 is 17.7 Å². The van der Waals surface area contributed by atoms with Crippen molar-refractivity contribution in [1.29, 1.82) is 0 Å². The lowest BCUT2D eigenvalue weighted by Crippen LogP contribution is -2.38. The smallest absolute Gasteiger partial charge is 0.221 e. The number of amides is 1. The van der Waals surface area contributed by atoms with E-state index in [9.17, 15) is 4.79 Å². The van der Waals surface area contributed by atoms with Crippen molar-refractivity contribution in [3.05, 3.63) is 59.7 Å². The third-order valence-corrected chi connectivity index (χ3v) is 7.09. The number of carbonyl (C=O) groups excluding carboxylic acids is 1. The first-order valence-electron chi connectivity index (χ1n) is 12.0. The van der Waals surface area contributed by atoms with Crippen molar-refractivity contribution in [2.75, 3.05) is 46.5 Å². The molecule has 35 heavy (non-hydrogen) atoms. The fraction of sp³-hybridized carbons (Fsp3) is 0.423. The van der Waals surface area contributed by atoms with Crippen LogP contribution in [-0.2, 0) is 9.53 Å². The fourth-order valence-electron chi connectivity index (χ4n) is 3.91. The Bertz CT molecular complexity index is 1070. The Morgan fingerprint density at radius 2 is 1.91 bits per heavy atom. The van der Waals surface area contributed by atoms with Crippen LogP contribution >= 0.6 is 11.8 Å². The van der Waals surface area contributed by atoms with Gasteiger partial charge in [0, 0.05) is 36.9 Å². The van der Waals surface area contributed by atoms with E-state index >= 15 is 0 Å². The van der Waals surface area contributed by atoms with Gasteiger partial charge in [0.2, 0.25) is 11.1 Å². The summed E-state index contributed by atoms with van der Waals surface area (Å²) in [6.45, 7) is 7.23. The van der Waals surface area contributed by atoms with Crippen LogP contribution < -0.4 is 10.1 Å². The summed E-state index contributed by atoms with van der Waals surface area (Å²) in [5.41, 5.74) is 3.19. The second-order valence-corrected chi connectivity index (χ2v) is 9.74. The zero-order chi connectivity index (χ0) is 24.5. The van der Waals surface area contributed by atoms with Gasteiger partial charge in [-0.3, -0.25) is 14.8 Å². The van der Waals surface area contributed by atoms with Crippen LogP contribution in [-0.4, -0.2) is 72.5 Å². The molecule has 2 N–H and O–H groups in total. The minimum Gasteiger partial charge on any atom is -0.497 e. The summed E-state index contributed by atoms with van der Waals surface area (Å²) in [5, 5.41) is 11.0. The molecule has 2 heterocycles. The Balaban J connectivity index is 1.36. The highest BCUT2D eigenvalue weighted by Crippen LogP contribution is 2.37. The molecule has 0 unspecified atom stereocenters. The third-order valence-electron chi connectivity index (χ3n) is 5.97. The normalized spacial score (nSPS) is 15.0. The maximum absolute atomic E-state index is 12.8. The Hall–Kier alpha value is -2.88. The van der Waals surface area contributed by atoms with Crippen LogP contribution in [0.3, 0.4) is 0 Å². The Kier molecular flexibility index (Phi) is 9.16. The number of H-pyrrole nitrogens is 1. The van der Waals surface area contributed by atoms with Gasteiger partial charge in [0.05, 0.1) is 20.3 Å². The number of carbonyl (C=O) groups is 1. The highest BCUT2D eigenvalue weighted by Gasteiger charge is 2.20. The van der Waals surface area contributed by atoms with Crippen LogP contribution in [0.4, 0.5) is 0 Å². The summed E-state index contributed by atoms with van der Waals surface area (Å²) in [6.07, 6.45) is 1.29. The van der Waals surface area contributed by atoms with Crippen molar-refractivity contribution < 1.29 is 14.3 Å². The molecule has 1 fully saturated rings. The maximum Gasteiger partial charge on any atom is 0.221 e. The average molecular weight is 496 g/mol. The van der Waals surface area contributed by atoms with Gasteiger partial charge in [0.25, 0.3) is 0 Å². The zero-order valence-corrected chi connectivity index (χ0v) is 21.1. The molecule has 1 atom stereocenters. The lowest BCUT2D eigenvalue weighted by Gasteiger charge is -2.26. The zero-order valence-electron chi connectivity index (χ0n) is 20.3. The van der Waals surface area contributed by atoms with Crippen LogP contribution in [0.2, 0.25) is 0 Å². The van der Waals surface area contributed by atoms with Crippen molar-refractivity contribution in [3.8, 4) is 17.1 Å². The number of hydrogen-bond donors (Lipinski definition) is 2. The highest BCUT2D eigenvalue weighted by atomic mass is 32.2. The molecule has 0 radical (unpaired) electrons. The molecular formula is C26H33N5O3S. The average Bonchev–Trinajstić information content (AvgIpc) is 3.36. The first-order chi connectivity index (χ1) is 17.1. The quantitative estimate of drug-likeness (QED) is 0.308. The minimum atomic E-state index is -0.0886. The van der Waals surface area contributed by atoms with Crippen LogP contribution in [0, 0.1) is 6.92 Å². The van der Waals surface area contributed by atoms with E-state index in [1.165, 1.54) is 17.3 Å². The Morgan fingerprint density at radius 3 is 2.63 bits per heavy atom. The van der Waals surface area contributed by atoms with Gasteiger partial charge in [-0.25, -0.2) is 4.98 Å². The molecule has 1 saturated heterocycles. The standard InChI is InChI=1S/C26H33N5O3S/c1-19-4-6-20(7-5-19)23(18-24(32)27-12-3-13-31-14-16-34-17-15-31)35-26-28-25(29-30-26)21-8-10-22(33-2)11-9-21/h4-11,23H,3,12-18H2,1-2H3,(H,27,32)(H,28,29,30)/t23-/m0/s1. The molecule has 0 bridgehead atoms. The van der Waals surface area contributed by atoms with Crippen molar-refractivity contribution in [2.45, 2.75) is 30.2 Å². The summed E-state index contributed by atoms with van der Waals surface area (Å²) in [6, 6.07) is 16.0. The van der Waals surface area contributed by atoms with E-state index in [0.29, 0.717) is 23.9 Å². The SMILES string of the molecule is COc1ccc(-c2nc(S[C@@H](CC(=O)NCCCN3CCOCC3)c3ccc(C)cc3)n[nH]2)cc1. The van der Waals surface area contributed by atoms with E-state index in [1.54, 1.807) is 7.11 Å². The Morgan fingerprint density at radius 1 is 1.17 bits per heavy atom. The molecule has 0 saturated carbocycles. The van der Waals surface area contributed by atoms with E-state index in [2.05, 4.69) is 56.6 Å². The second kappa shape index (κ2) is 12.7. The minimum absolute atomic E-state index is 0.0379. The van der Waals surface area contributed by atoms with Gasteiger partial charge in [0.1, 0.15) is 5.75 Å². The number of hydrogen-bond acceptors (Lipinski definition) is 7. The van der Waals surface area contributed by atoms with Gasteiger partial charge >= 0.3 is 0 Å². The number of aromatic amines is 1. The number of benzene rings is 2. The molecule has 8 nitrogen and oxygen atoms in total. The lowest BCUT2D eigenvalue weighted by molar-refractivity contribution is -0.121. The second-order valence-electron chi connectivity index (χ2n) is 8.57. The molecule has 0 aliphatic carbocycles. The largest absolute Gasteiger partial charge is 0.497 e. The molecule has 2 aromatic carbocycles. The van der Waals surface area contributed by atoms with E-state index in [4.69, 9.17) is 9.47 Å². The van der Waals surface area contributed by atoms with Gasteiger partial charge in [-0.15, -0.1) is 5.10 Å². The molecule has 1 aliphatic heterocycles. The van der Waals surface area contributed by atoms with Gasteiger partial charge in [-0.05, 0) is 49.7 Å². The van der Waals surface area contributed by atoms with Crippen LogP contribution in [0.5, 0.6) is 5.75 Å². The van der Waals surface area contributed by atoms with Crippen molar-refractivity contribution in [2.24, 2.45) is 0 Å². The molecule has 186 valence electrons. The van der Waals surface area contributed by atoms with Crippen LogP contribution in [0.1, 0.15) is 29.2 Å². The maximum atomic E-state index is 12.8. The summed E-state index contributed by atoms with van der Waals surface area (Å²) in [5.74, 6) is 1.51. The number of methoxy groups -OCH3 is 1. The Labute approximate surface area is 210 Å². The molecule has 9 heteroatoms. The van der Waals surface area contributed by atoms with Gasteiger partial charge < -0.3 is 14.8 Å². The molecular weight excluding hydrogens is 462 g/mol. The van der Waals surface area contributed by atoms with E-state index < -0.39 is 0 Å². The van der Waals surface area contributed by atoms with Gasteiger partial charge in [-0.2, -0.15) is 0 Å². The monoisotopic (exact) mass is 495 g/mol. The van der Waals surface area contributed by atoms with Crippen molar-refractivity contribution in [1.82, 2.24) is 25.4 Å². The van der Waals surface area contributed by atoms with E-state index in [0.717, 1.165) is 56.1 Å². The molecule has 1 aromatic heterocycles. The number of nitrogens with one attached hydrogen (secondary N) is 2. The summed E-state index contributed by atoms with van der Waals surface area (Å²) in [4.78, 5) is 19.8. The molecule has 0 spiro atoms. The predicted molar refractivity (Wildman–Crippen MR) is 138 cm³/mol. The number of thioether (sulfide) groups is 1. The molecule has 4 rings (SSSR count). The third kappa shape index (κ3) is 7.55. The number of rotatable bonds is 11. The first kappa shape index (κ1) is 25.2. The topological polar surface area (TPSA) is 92.4 Å². The highest BCUT2D eigenvalue weighted by molar-refractivity contribution is 7.99. The van der Waals surface area contributed by atoms with Crippen LogP contribution in [0.25, 0.3) is 11.4 Å².